The summed E-state index contributed by atoms with van der Waals surface area (Å²) in [5.41, 5.74) is 2.47. The lowest BCUT2D eigenvalue weighted by molar-refractivity contribution is -0.114. The van der Waals surface area contributed by atoms with Crippen molar-refractivity contribution in [3.63, 3.8) is 0 Å². The van der Waals surface area contributed by atoms with Gasteiger partial charge in [-0.2, -0.15) is 0 Å². The number of nitrogens with zero attached hydrogens (tertiary/aromatic N) is 1. The highest BCUT2D eigenvalue weighted by molar-refractivity contribution is 5.84. The van der Waals surface area contributed by atoms with Gasteiger partial charge in [-0.25, -0.2) is 0 Å². The molecule has 0 saturated heterocycles. The summed E-state index contributed by atoms with van der Waals surface area (Å²) in [6.07, 6.45) is 2.53. The fraction of sp³-hybridized carbons (Fsp3) is 0.222. The SMILES string of the molecule is CC(=O)[CH]CCN(Cc1ccccc1)c1ccccc1. The third-order valence-electron chi connectivity index (χ3n) is 3.17. The second-order valence-electron chi connectivity index (χ2n) is 4.85. The van der Waals surface area contributed by atoms with Crippen molar-refractivity contribution in [1.29, 1.82) is 0 Å². The first-order valence-corrected chi connectivity index (χ1v) is 6.93. The summed E-state index contributed by atoms with van der Waals surface area (Å²) in [6.45, 7) is 3.30. The number of ketones is 1. The second kappa shape index (κ2) is 7.49. The molecule has 1 radical (unpaired) electrons. The molecule has 0 bridgehead atoms. The Hall–Kier alpha value is -2.09. The van der Waals surface area contributed by atoms with E-state index in [9.17, 15) is 4.79 Å². The summed E-state index contributed by atoms with van der Waals surface area (Å²) in [4.78, 5) is 13.3. The van der Waals surface area contributed by atoms with Crippen LogP contribution in [-0.2, 0) is 11.3 Å². The zero-order valence-electron chi connectivity index (χ0n) is 11.8. The van der Waals surface area contributed by atoms with Gasteiger partial charge in [0.05, 0.1) is 0 Å². The Labute approximate surface area is 121 Å². The Kier molecular flexibility index (Phi) is 5.36. The van der Waals surface area contributed by atoms with Crippen LogP contribution in [0.2, 0.25) is 0 Å². The van der Waals surface area contributed by atoms with E-state index in [0.717, 1.165) is 19.5 Å². The largest absolute Gasteiger partial charge is 0.367 e. The quantitative estimate of drug-likeness (QED) is 0.758. The lowest BCUT2D eigenvalue weighted by Gasteiger charge is -2.25. The highest BCUT2D eigenvalue weighted by Crippen LogP contribution is 2.17. The van der Waals surface area contributed by atoms with E-state index in [4.69, 9.17) is 0 Å². The van der Waals surface area contributed by atoms with E-state index in [1.54, 1.807) is 13.3 Å². The monoisotopic (exact) mass is 266 g/mol. The molecule has 0 atom stereocenters. The van der Waals surface area contributed by atoms with Gasteiger partial charge in [0.1, 0.15) is 5.78 Å². The molecule has 20 heavy (non-hydrogen) atoms. The predicted octanol–water partition coefficient (Wildman–Crippen LogP) is 3.88. The minimum atomic E-state index is 0.137. The van der Waals surface area contributed by atoms with Gasteiger partial charge in [-0.1, -0.05) is 48.5 Å². The van der Waals surface area contributed by atoms with E-state index in [1.165, 1.54) is 11.3 Å². The Morgan fingerprint density at radius 1 is 1.00 bits per heavy atom. The molecular weight excluding hydrogens is 246 g/mol. The van der Waals surface area contributed by atoms with Crippen molar-refractivity contribution in [2.75, 3.05) is 11.4 Å². The number of Topliss-reactive ketones (excluding diaryl/α,β-unsaturated/α-hetero) is 1. The average Bonchev–Trinajstić information content (AvgIpc) is 2.48. The molecule has 0 saturated carbocycles. The first kappa shape index (κ1) is 14.3. The maximum atomic E-state index is 11.0. The number of carbonyl (C=O) groups is 1. The van der Waals surface area contributed by atoms with Crippen molar-refractivity contribution in [3.8, 4) is 0 Å². The van der Waals surface area contributed by atoms with Crippen molar-refractivity contribution in [1.82, 2.24) is 0 Å². The molecule has 0 aliphatic carbocycles. The van der Waals surface area contributed by atoms with Crippen molar-refractivity contribution in [2.45, 2.75) is 19.9 Å². The molecule has 103 valence electrons. The Balaban J connectivity index is 2.06. The molecule has 0 aliphatic heterocycles. The van der Waals surface area contributed by atoms with Crippen LogP contribution in [0, 0.1) is 6.42 Å². The maximum Gasteiger partial charge on any atom is 0.133 e. The van der Waals surface area contributed by atoms with E-state index < -0.39 is 0 Å². The highest BCUT2D eigenvalue weighted by atomic mass is 16.1. The number of benzene rings is 2. The molecule has 2 aromatic carbocycles. The molecular formula is C18H20NO. The Bertz CT molecular complexity index is 522. The summed E-state index contributed by atoms with van der Waals surface area (Å²) in [5, 5.41) is 0. The molecule has 0 fully saturated rings. The third-order valence-corrected chi connectivity index (χ3v) is 3.17. The molecule has 2 nitrogen and oxygen atoms in total. The molecule has 0 amide bonds. The van der Waals surface area contributed by atoms with Gasteiger partial charge in [0.15, 0.2) is 0 Å². The maximum absolute atomic E-state index is 11.0. The van der Waals surface area contributed by atoms with Crippen LogP contribution in [0.3, 0.4) is 0 Å². The Morgan fingerprint density at radius 3 is 2.20 bits per heavy atom. The molecule has 2 aromatic rings. The fourth-order valence-corrected chi connectivity index (χ4v) is 2.17. The standard InChI is InChI=1S/C18H20NO/c1-16(20)9-8-14-19(18-12-6-3-7-13-18)15-17-10-4-2-5-11-17/h2-7,9-13H,8,14-15H2,1H3. The van der Waals surface area contributed by atoms with Crippen LogP contribution < -0.4 is 4.90 Å². The van der Waals surface area contributed by atoms with E-state index >= 15 is 0 Å². The first-order chi connectivity index (χ1) is 9.75. The molecule has 0 spiro atoms. The molecule has 0 unspecified atom stereocenters. The molecule has 0 aliphatic rings. The van der Waals surface area contributed by atoms with Crippen LogP contribution in [0.15, 0.2) is 60.7 Å². The van der Waals surface area contributed by atoms with Crippen LogP contribution in [0.5, 0.6) is 0 Å². The second-order valence-corrected chi connectivity index (χ2v) is 4.85. The van der Waals surface area contributed by atoms with Crippen LogP contribution in [0.1, 0.15) is 18.9 Å². The topological polar surface area (TPSA) is 20.3 Å². The van der Waals surface area contributed by atoms with Crippen molar-refractivity contribution >= 4 is 11.5 Å². The molecule has 2 heteroatoms. The van der Waals surface area contributed by atoms with Crippen molar-refractivity contribution < 1.29 is 4.79 Å². The fourth-order valence-electron chi connectivity index (χ4n) is 2.17. The Morgan fingerprint density at radius 2 is 1.60 bits per heavy atom. The summed E-state index contributed by atoms with van der Waals surface area (Å²) in [7, 11) is 0. The number of anilines is 1. The van der Waals surface area contributed by atoms with Crippen molar-refractivity contribution in [3.05, 3.63) is 72.6 Å². The summed E-state index contributed by atoms with van der Waals surface area (Å²) < 4.78 is 0. The zero-order chi connectivity index (χ0) is 14.2. The van der Waals surface area contributed by atoms with Crippen LogP contribution in [0.4, 0.5) is 5.69 Å². The van der Waals surface area contributed by atoms with Gasteiger partial charge in [0, 0.05) is 25.2 Å². The number of carbonyl (C=O) groups excluding carboxylic acids is 1. The number of para-hydroxylation sites is 1. The first-order valence-electron chi connectivity index (χ1n) is 6.93. The van der Waals surface area contributed by atoms with Gasteiger partial charge in [0.25, 0.3) is 0 Å². The van der Waals surface area contributed by atoms with E-state index in [0.29, 0.717) is 0 Å². The molecule has 0 N–H and O–H groups in total. The summed E-state index contributed by atoms with van der Waals surface area (Å²) in [6, 6.07) is 20.7. The van der Waals surface area contributed by atoms with Gasteiger partial charge in [-0.3, -0.25) is 4.79 Å². The lowest BCUT2D eigenvalue weighted by atomic mass is 10.1. The van der Waals surface area contributed by atoms with E-state index in [1.807, 2.05) is 24.3 Å². The predicted molar refractivity (Wildman–Crippen MR) is 83.5 cm³/mol. The van der Waals surface area contributed by atoms with Gasteiger partial charge in [-0.05, 0) is 31.0 Å². The van der Waals surface area contributed by atoms with Gasteiger partial charge < -0.3 is 4.90 Å². The summed E-state index contributed by atoms with van der Waals surface area (Å²) >= 11 is 0. The summed E-state index contributed by atoms with van der Waals surface area (Å²) in [5.74, 6) is 0.137. The zero-order valence-corrected chi connectivity index (χ0v) is 11.8. The smallest absolute Gasteiger partial charge is 0.133 e. The van der Waals surface area contributed by atoms with Gasteiger partial charge >= 0.3 is 0 Å². The number of hydrogen-bond acceptors (Lipinski definition) is 2. The van der Waals surface area contributed by atoms with Gasteiger partial charge in [-0.15, -0.1) is 0 Å². The van der Waals surface area contributed by atoms with E-state index in [2.05, 4.69) is 41.3 Å². The van der Waals surface area contributed by atoms with Crippen LogP contribution in [-0.4, -0.2) is 12.3 Å². The van der Waals surface area contributed by atoms with E-state index in [-0.39, 0.29) is 5.78 Å². The van der Waals surface area contributed by atoms with Gasteiger partial charge in [0.2, 0.25) is 0 Å². The molecule has 0 heterocycles. The van der Waals surface area contributed by atoms with Crippen molar-refractivity contribution in [2.24, 2.45) is 0 Å². The van der Waals surface area contributed by atoms with Crippen LogP contribution in [0.25, 0.3) is 0 Å². The average molecular weight is 266 g/mol. The minimum Gasteiger partial charge on any atom is -0.367 e. The number of rotatable bonds is 7. The molecule has 2 rings (SSSR count). The highest BCUT2D eigenvalue weighted by Gasteiger charge is 2.07. The third kappa shape index (κ3) is 4.54. The minimum absolute atomic E-state index is 0.137. The normalized spacial score (nSPS) is 10.2. The van der Waals surface area contributed by atoms with Crippen LogP contribution >= 0.6 is 0 Å². The number of hydrogen-bond donors (Lipinski definition) is 0. The lowest BCUT2D eigenvalue weighted by Crippen LogP contribution is -2.24. The molecule has 0 aromatic heterocycles.